The van der Waals surface area contributed by atoms with Gasteiger partial charge in [0.05, 0.1) is 11.4 Å². The Balaban J connectivity index is 2.64. The van der Waals surface area contributed by atoms with Crippen molar-refractivity contribution in [1.82, 2.24) is 15.2 Å². The van der Waals surface area contributed by atoms with Gasteiger partial charge in [0.1, 0.15) is 0 Å². The zero-order valence-corrected chi connectivity index (χ0v) is 9.95. The minimum Gasteiger partial charge on any atom is -0.314 e. The molecule has 1 rings (SSSR count). The maximum atomic E-state index is 4.59. The van der Waals surface area contributed by atoms with E-state index in [0.717, 1.165) is 37.6 Å². The van der Waals surface area contributed by atoms with Gasteiger partial charge in [0.25, 0.3) is 0 Å². The van der Waals surface area contributed by atoms with Crippen LogP contribution in [0.1, 0.15) is 25.2 Å². The fourth-order valence-corrected chi connectivity index (χ4v) is 1.57. The summed E-state index contributed by atoms with van der Waals surface area (Å²) in [6, 6.07) is 6.23. The molecule has 0 unspecified atom stereocenters. The number of rotatable bonds is 6. The lowest BCUT2D eigenvalue weighted by Crippen LogP contribution is -2.23. The molecule has 0 atom stereocenters. The van der Waals surface area contributed by atoms with Gasteiger partial charge in [-0.1, -0.05) is 19.9 Å². The van der Waals surface area contributed by atoms with E-state index in [4.69, 9.17) is 0 Å². The summed E-state index contributed by atoms with van der Waals surface area (Å²) in [4.78, 5) is 6.96. The second-order valence-corrected chi connectivity index (χ2v) is 3.61. The molecule has 84 valence electrons. The topological polar surface area (TPSA) is 28.2 Å². The largest absolute Gasteiger partial charge is 0.314 e. The predicted octanol–water partition coefficient (Wildman–Crippen LogP) is 1.64. The summed E-state index contributed by atoms with van der Waals surface area (Å²) in [6.45, 7) is 8.31. The van der Waals surface area contributed by atoms with E-state index < -0.39 is 0 Å². The molecule has 0 fully saturated rings. The van der Waals surface area contributed by atoms with E-state index in [0.29, 0.717) is 0 Å². The Labute approximate surface area is 92.5 Å². The monoisotopic (exact) mass is 207 g/mol. The first-order valence-electron chi connectivity index (χ1n) is 5.61. The molecule has 0 aliphatic carbocycles. The Bertz CT molecular complexity index is 282. The van der Waals surface area contributed by atoms with Crippen molar-refractivity contribution >= 4 is 0 Å². The number of hydrogen-bond acceptors (Lipinski definition) is 3. The van der Waals surface area contributed by atoms with Crippen LogP contribution in [0.3, 0.4) is 0 Å². The molecule has 0 saturated carbocycles. The van der Waals surface area contributed by atoms with E-state index in [1.807, 2.05) is 7.05 Å². The van der Waals surface area contributed by atoms with E-state index in [2.05, 4.69) is 47.2 Å². The molecule has 1 N–H and O–H groups in total. The van der Waals surface area contributed by atoms with Crippen LogP contribution in [0.15, 0.2) is 18.2 Å². The summed E-state index contributed by atoms with van der Waals surface area (Å²) in [5.74, 6) is 0. The van der Waals surface area contributed by atoms with Crippen LogP contribution < -0.4 is 5.32 Å². The van der Waals surface area contributed by atoms with Crippen molar-refractivity contribution in [2.75, 3.05) is 20.1 Å². The highest BCUT2D eigenvalue weighted by atomic mass is 15.1. The van der Waals surface area contributed by atoms with Gasteiger partial charge in [-0.3, -0.25) is 9.88 Å². The first kappa shape index (κ1) is 12.1. The smallest absolute Gasteiger partial charge is 0.0547 e. The number of nitrogens with zero attached hydrogens (tertiary/aromatic N) is 2. The molecular weight excluding hydrogens is 186 g/mol. The molecule has 0 aromatic carbocycles. The van der Waals surface area contributed by atoms with Gasteiger partial charge >= 0.3 is 0 Å². The van der Waals surface area contributed by atoms with Crippen LogP contribution in [-0.4, -0.2) is 30.0 Å². The van der Waals surface area contributed by atoms with Crippen molar-refractivity contribution in [3.63, 3.8) is 0 Å². The average molecular weight is 207 g/mol. The minimum atomic E-state index is 0.839. The molecule has 0 radical (unpaired) electrons. The highest BCUT2D eigenvalue weighted by Crippen LogP contribution is 2.03. The standard InChI is InChI=1S/C12H21N3/c1-4-15(5-2)10-12-8-6-7-11(14-12)9-13-3/h6-8,13H,4-5,9-10H2,1-3H3. The molecule has 0 amide bonds. The van der Waals surface area contributed by atoms with Gasteiger partial charge in [0.2, 0.25) is 0 Å². The van der Waals surface area contributed by atoms with Crippen LogP contribution in [0.25, 0.3) is 0 Å². The van der Waals surface area contributed by atoms with Crippen molar-refractivity contribution in [3.05, 3.63) is 29.6 Å². The highest BCUT2D eigenvalue weighted by molar-refractivity contribution is 5.11. The van der Waals surface area contributed by atoms with Crippen molar-refractivity contribution in [2.45, 2.75) is 26.9 Å². The first-order chi connectivity index (χ1) is 7.30. The summed E-state index contributed by atoms with van der Waals surface area (Å²) >= 11 is 0. The van der Waals surface area contributed by atoms with Crippen LogP contribution in [0.2, 0.25) is 0 Å². The third-order valence-corrected chi connectivity index (χ3v) is 2.50. The lowest BCUT2D eigenvalue weighted by molar-refractivity contribution is 0.292. The fourth-order valence-electron chi connectivity index (χ4n) is 1.57. The number of hydrogen-bond donors (Lipinski definition) is 1. The molecule has 0 saturated heterocycles. The summed E-state index contributed by atoms with van der Waals surface area (Å²) in [5, 5.41) is 3.12. The predicted molar refractivity (Wildman–Crippen MR) is 63.6 cm³/mol. The molecule has 1 heterocycles. The zero-order valence-electron chi connectivity index (χ0n) is 9.95. The molecule has 0 bridgehead atoms. The molecule has 0 aliphatic heterocycles. The van der Waals surface area contributed by atoms with Crippen molar-refractivity contribution in [3.8, 4) is 0 Å². The Hall–Kier alpha value is -0.930. The van der Waals surface area contributed by atoms with Crippen LogP contribution in [-0.2, 0) is 13.1 Å². The Morgan fingerprint density at radius 2 is 1.87 bits per heavy atom. The Kier molecular flexibility index (Phi) is 5.29. The van der Waals surface area contributed by atoms with Crippen LogP contribution in [0.5, 0.6) is 0 Å². The maximum absolute atomic E-state index is 4.59. The average Bonchev–Trinajstić information content (AvgIpc) is 2.27. The van der Waals surface area contributed by atoms with E-state index in [-0.39, 0.29) is 0 Å². The molecular formula is C12H21N3. The molecule has 3 heteroatoms. The minimum absolute atomic E-state index is 0.839. The summed E-state index contributed by atoms with van der Waals surface area (Å²) in [7, 11) is 1.94. The van der Waals surface area contributed by atoms with Gasteiger partial charge in [-0.25, -0.2) is 0 Å². The van der Waals surface area contributed by atoms with E-state index in [1.54, 1.807) is 0 Å². The lowest BCUT2D eigenvalue weighted by Gasteiger charge is -2.17. The second kappa shape index (κ2) is 6.53. The molecule has 0 spiro atoms. The second-order valence-electron chi connectivity index (χ2n) is 3.61. The number of pyridine rings is 1. The van der Waals surface area contributed by atoms with Crippen molar-refractivity contribution in [1.29, 1.82) is 0 Å². The van der Waals surface area contributed by atoms with Crippen LogP contribution in [0.4, 0.5) is 0 Å². The van der Waals surface area contributed by atoms with Crippen molar-refractivity contribution < 1.29 is 0 Å². The van der Waals surface area contributed by atoms with E-state index in [9.17, 15) is 0 Å². The molecule has 1 aromatic rings. The summed E-state index contributed by atoms with van der Waals surface area (Å²) in [5.41, 5.74) is 2.27. The van der Waals surface area contributed by atoms with Crippen LogP contribution in [0, 0.1) is 0 Å². The summed E-state index contributed by atoms with van der Waals surface area (Å²) < 4.78 is 0. The van der Waals surface area contributed by atoms with Gasteiger partial charge < -0.3 is 5.32 Å². The first-order valence-corrected chi connectivity index (χ1v) is 5.61. The Morgan fingerprint density at radius 1 is 1.20 bits per heavy atom. The molecule has 1 aromatic heterocycles. The molecule has 3 nitrogen and oxygen atoms in total. The zero-order chi connectivity index (χ0) is 11.1. The Morgan fingerprint density at radius 3 is 2.47 bits per heavy atom. The van der Waals surface area contributed by atoms with E-state index >= 15 is 0 Å². The van der Waals surface area contributed by atoms with Gasteiger partial charge in [-0.2, -0.15) is 0 Å². The molecule has 15 heavy (non-hydrogen) atoms. The van der Waals surface area contributed by atoms with Gasteiger partial charge in [-0.15, -0.1) is 0 Å². The fraction of sp³-hybridized carbons (Fsp3) is 0.583. The van der Waals surface area contributed by atoms with E-state index in [1.165, 1.54) is 0 Å². The number of nitrogens with one attached hydrogen (secondary N) is 1. The summed E-state index contributed by atoms with van der Waals surface area (Å²) in [6.07, 6.45) is 0. The lowest BCUT2D eigenvalue weighted by atomic mass is 10.3. The highest BCUT2D eigenvalue weighted by Gasteiger charge is 2.02. The number of aromatic nitrogens is 1. The van der Waals surface area contributed by atoms with Gasteiger partial charge in [0.15, 0.2) is 0 Å². The third-order valence-electron chi connectivity index (χ3n) is 2.50. The third kappa shape index (κ3) is 3.98. The normalized spacial score (nSPS) is 10.9. The quantitative estimate of drug-likeness (QED) is 0.768. The van der Waals surface area contributed by atoms with Gasteiger partial charge in [0, 0.05) is 13.1 Å². The van der Waals surface area contributed by atoms with Crippen LogP contribution >= 0.6 is 0 Å². The van der Waals surface area contributed by atoms with Crippen molar-refractivity contribution in [2.24, 2.45) is 0 Å². The molecule has 0 aliphatic rings. The van der Waals surface area contributed by atoms with Gasteiger partial charge in [-0.05, 0) is 32.3 Å². The maximum Gasteiger partial charge on any atom is 0.0547 e. The SMILES string of the molecule is CCN(CC)Cc1cccc(CNC)n1.